The third kappa shape index (κ3) is 3.10. The van der Waals surface area contributed by atoms with Crippen LogP contribution in [0, 0.1) is 0 Å². The average Bonchev–Trinajstić information content (AvgIpc) is 3.16. The molecule has 1 aliphatic heterocycles. The first-order valence-electron chi connectivity index (χ1n) is 7.45. The fraction of sp³-hybridized carbons (Fsp3) is 0.400. The van der Waals surface area contributed by atoms with Gasteiger partial charge in [-0.1, -0.05) is 18.7 Å². The zero-order valence-corrected chi connectivity index (χ0v) is 15.9. The summed E-state index contributed by atoms with van der Waals surface area (Å²) < 4.78 is 12.9. The molecule has 1 unspecified atom stereocenters. The number of ether oxygens (including phenoxy) is 1. The molecule has 0 saturated carbocycles. The van der Waals surface area contributed by atoms with Crippen molar-refractivity contribution in [3.05, 3.63) is 33.8 Å². The summed E-state index contributed by atoms with van der Waals surface area (Å²) in [5.41, 5.74) is 1.12. The van der Waals surface area contributed by atoms with E-state index in [4.69, 9.17) is 9.15 Å². The van der Waals surface area contributed by atoms with E-state index >= 15 is 0 Å². The van der Waals surface area contributed by atoms with Gasteiger partial charge in [-0.25, -0.2) is 9.48 Å². The first-order chi connectivity index (χ1) is 11.5. The Morgan fingerprint density at radius 2 is 2.33 bits per heavy atom. The third-order valence-electron chi connectivity index (χ3n) is 3.54. The predicted molar refractivity (Wildman–Crippen MR) is 93.9 cm³/mol. The Bertz CT molecular complexity index is 798. The first kappa shape index (κ1) is 17.1. The molecule has 0 aromatic carbocycles. The Morgan fingerprint density at radius 1 is 1.54 bits per heavy atom. The van der Waals surface area contributed by atoms with Crippen LogP contribution in [-0.4, -0.2) is 33.6 Å². The largest absolute Gasteiger partial charge is 0.466 e. The topological polar surface area (TPSA) is 82.2 Å². The molecule has 0 radical (unpaired) electrons. The minimum atomic E-state index is -0.525. The van der Waals surface area contributed by atoms with Gasteiger partial charge in [-0.05, 0) is 41.4 Å². The van der Waals surface area contributed by atoms with Crippen LogP contribution < -0.4 is 5.32 Å². The molecule has 7 nitrogen and oxygen atoms in total. The molecule has 1 atom stereocenters. The number of hydrogen-bond donors (Lipinski definition) is 1. The second-order valence-corrected chi connectivity index (χ2v) is 7.05. The highest BCUT2D eigenvalue weighted by molar-refractivity contribution is 9.10. The molecule has 24 heavy (non-hydrogen) atoms. The highest BCUT2D eigenvalue weighted by atomic mass is 79.9. The maximum atomic E-state index is 12.3. The summed E-state index contributed by atoms with van der Waals surface area (Å²) >= 11 is 4.88. The molecule has 0 aliphatic carbocycles. The van der Waals surface area contributed by atoms with Gasteiger partial charge in [0, 0.05) is 11.4 Å². The fourth-order valence-electron chi connectivity index (χ4n) is 2.50. The number of aromatic nitrogens is 3. The Balaban J connectivity index is 2.09. The van der Waals surface area contributed by atoms with E-state index in [2.05, 4.69) is 38.3 Å². The van der Waals surface area contributed by atoms with Crippen LogP contribution in [0.1, 0.15) is 32.1 Å². The van der Waals surface area contributed by atoms with Gasteiger partial charge in [0.25, 0.3) is 0 Å². The van der Waals surface area contributed by atoms with E-state index < -0.39 is 12.0 Å². The van der Waals surface area contributed by atoms with Crippen molar-refractivity contribution < 1.29 is 13.9 Å². The molecule has 0 spiro atoms. The fourth-order valence-corrected chi connectivity index (χ4v) is 3.50. The lowest BCUT2D eigenvalue weighted by Gasteiger charge is -2.25. The quantitative estimate of drug-likeness (QED) is 0.593. The molecule has 0 fully saturated rings. The monoisotopic (exact) mass is 412 g/mol. The summed E-state index contributed by atoms with van der Waals surface area (Å²) in [7, 11) is 1.36. The number of halogens is 1. The van der Waals surface area contributed by atoms with E-state index in [0.29, 0.717) is 32.8 Å². The van der Waals surface area contributed by atoms with Gasteiger partial charge in [0.1, 0.15) is 11.8 Å². The molecule has 9 heteroatoms. The highest BCUT2D eigenvalue weighted by Gasteiger charge is 2.36. The molecule has 128 valence electrons. The molecule has 3 heterocycles. The Morgan fingerprint density at radius 3 is 2.96 bits per heavy atom. The van der Waals surface area contributed by atoms with Gasteiger partial charge in [0.15, 0.2) is 4.67 Å². The van der Waals surface area contributed by atoms with Crippen molar-refractivity contribution in [1.82, 2.24) is 14.8 Å². The number of allylic oxidation sites excluding steroid dienone is 1. The predicted octanol–water partition coefficient (Wildman–Crippen LogP) is 3.60. The summed E-state index contributed by atoms with van der Waals surface area (Å²) in [6.45, 7) is 3.92. The second kappa shape index (κ2) is 7.02. The van der Waals surface area contributed by atoms with Crippen LogP contribution >= 0.6 is 27.7 Å². The number of methoxy groups -OCH3 is 1. The lowest BCUT2D eigenvalue weighted by Crippen LogP contribution is -2.29. The lowest BCUT2D eigenvalue weighted by atomic mass is 10.0. The molecule has 1 aliphatic rings. The normalized spacial score (nSPS) is 16.8. The maximum Gasteiger partial charge on any atom is 0.338 e. The van der Waals surface area contributed by atoms with Crippen molar-refractivity contribution in [3.63, 3.8) is 0 Å². The number of hydrogen-bond acceptors (Lipinski definition) is 7. The van der Waals surface area contributed by atoms with E-state index in [9.17, 15) is 4.79 Å². The molecular formula is C15H17BrN4O3S. The molecule has 3 rings (SSSR count). The standard InChI is InChI=1S/C15H17BrN4O3S/c1-4-7-24-15-18-14-17-8(2)11(13(21)22-3)12(20(14)19-15)9-5-6-10(16)23-9/h5-6,12H,4,7H2,1-3H3,(H,17,18,19). The summed E-state index contributed by atoms with van der Waals surface area (Å²) in [4.78, 5) is 16.8. The Labute approximate surface area is 152 Å². The van der Waals surface area contributed by atoms with Crippen LogP contribution in [0.5, 0.6) is 0 Å². The minimum absolute atomic E-state index is 0.429. The van der Waals surface area contributed by atoms with E-state index in [0.717, 1.165) is 12.2 Å². The van der Waals surface area contributed by atoms with Gasteiger partial charge in [0.05, 0.1) is 12.7 Å². The van der Waals surface area contributed by atoms with E-state index in [-0.39, 0.29) is 0 Å². The van der Waals surface area contributed by atoms with E-state index in [1.807, 2.05) is 6.92 Å². The summed E-state index contributed by atoms with van der Waals surface area (Å²) in [5.74, 6) is 1.66. The van der Waals surface area contributed by atoms with Crippen molar-refractivity contribution in [2.24, 2.45) is 0 Å². The molecule has 0 bridgehead atoms. The van der Waals surface area contributed by atoms with Crippen LogP contribution in [0.25, 0.3) is 0 Å². The number of carbonyl (C=O) groups excluding carboxylic acids is 1. The third-order valence-corrected chi connectivity index (χ3v) is 5.01. The highest BCUT2D eigenvalue weighted by Crippen LogP contribution is 2.37. The molecule has 1 N–H and O–H groups in total. The lowest BCUT2D eigenvalue weighted by molar-refractivity contribution is -0.136. The van der Waals surface area contributed by atoms with Gasteiger partial charge in [0.2, 0.25) is 11.1 Å². The summed E-state index contributed by atoms with van der Waals surface area (Å²) in [5, 5.41) is 8.34. The maximum absolute atomic E-state index is 12.3. The molecule has 0 saturated heterocycles. The number of esters is 1. The number of carbonyl (C=O) groups is 1. The number of furan rings is 1. The first-order valence-corrected chi connectivity index (χ1v) is 9.23. The number of nitrogens with one attached hydrogen (secondary N) is 1. The second-order valence-electron chi connectivity index (χ2n) is 5.21. The smallest absolute Gasteiger partial charge is 0.338 e. The van der Waals surface area contributed by atoms with Crippen molar-refractivity contribution in [1.29, 1.82) is 0 Å². The summed E-state index contributed by atoms with van der Waals surface area (Å²) in [6.07, 6.45) is 1.03. The van der Waals surface area contributed by atoms with Crippen molar-refractivity contribution >= 4 is 39.6 Å². The number of thioether (sulfide) groups is 1. The van der Waals surface area contributed by atoms with Crippen LogP contribution in [-0.2, 0) is 9.53 Å². The minimum Gasteiger partial charge on any atom is -0.466 e. The zero-order valence-electron chi connectivity index (χ0n) is 13.5. The van der Waals surface area contributed by atoms with Gasteiger partial charge in [-0.15, -0.1) is 5.10 Å². The number of fused-ring (bicyclic) bond motifs is 1. The van der Waals surface area contributed by atoms with E-state index in [1.54, 1.807) is 28.6 Å². The molecule has 2 aromatic heterocycles. The Hall–Kier alpha value is -1.74. The van der Waals surface area contributed by atoms with Gasteiger partial charge in [-0.2, -0.15) is 4.98 Å². The molecule has 2 aromatic rings. The SMILES string of the molecule is CCCSc1nc2n(n1)C(c1ccc(Br)o1)C(C(=O)OC)=C(C)N2. The van der Waals surface area contributed by atoms with Crippen LogP contribution in [0.2, 0.25) is 0 Å². The zero-order chi connectivity index (χ0) is 17.3. The van der Waals surface area contributed by atoms with Gasteiger partial charge >= 0.3 is 5.97 Å². The molecule has 0 amide bonds. The van der Waals surface area contributed by atoms with Gasteiger partial charge in [-0.3, -0.25) is 0 Å². The summed E-state index contributed by atoms with van der Waals surface area (Å²) in [6, 6.07) is 3.06. The van der Waals surface area contributed by atoms with Crippen LogP contribution in [0.3, 0.4) is 0 Å². The molecular weight excluding hydrogens is 396 g/mol. The van der Waals surface area contributed by atoms with Crippen molar-refractivity contribution in [2.75, 3.05) is 18.2 Å². The van der Waals surface area contributed by atoms with Crippen LogP contribution in [0.15, 0.2) is 37.6 Å². The number of anilines is 1. The average molecular weight is 413 g/mol. The van der Waals surface area contributed by atoms with E-state index in [1.165, 1.54) is 7.11 Å². The van der Waals surface area contributed by atoms with Gasteiger partial charge < -0.3 is 14.5 Å². The number of nitrogens with zero attached hydrogens (tertiary/aromatic N) is 3. The number of rotatable bonds is 5. The van der Waals surface area contributed by atoms with Crippen LogP contribution in [0.4, 0.5) is 5.95 Å². The van der Waals surface area contributed by atoms with Crippen molar-refractivity contribution in [2.45, 2.75) is 31.5 Å². The van der Waals surface area contributed by atoms with Crippen molar-refractivity contribution in [3.8, 4) is 0 Å². The Kier molecular flexibility index (Phi) is 5.00.